The van der Waals surface area contributed by atoms with Crippen LogP contribution in [0.25, 0.3) is 27.9 Å². The van der Waals surface area contributed by atoms with Crippen molar-refractivity contribution in [2.24, 2.45) is 0 Å². The lowest BCUT2D eigenvalue weighted by molar-refractivity contribution is -0.677. The molecule has 11 nitrogen and oxygen atoms in total. The van der Waals surface area contributed by atoms with Gasteiger partial charge in [0.25, 0.3) is 25.8 Å². The molecule has 1 aliphatic heterocycles. The Morgan fingerprint density at radius 1 is 1.07 bits per heavy atom. The monoisotopic (exact) mass is 622 g/mol. The number of halogens is 1. The van der Waals surface area contributed by atoms with E-state index in [9.17, 15) is 21.4 Å². The van der Waals surface area contributed by atoms with Gasteiger partial charge in [0.2, 0.25) is 11.5 Å². The van der Waals surface area contributed by atoms with Gasteiger partial charge in [-0.25, -0.2) is 0 Å². The quantitative estimate of drug-likeness (QED) is 0.134. The molecule has 0 saturated heterocycles. The number of nitrogens with zero attached hydrogens (tertiary/aromatic N) is 2. The summed E-state index contributed by atoms with van der Waals surface area (Å²) in [6, 6.07) is 16.7. The zero-order valence-electron chi connectivity index (χ0n) is 22.1. The molecule has 3 aromatic carbocycles. The van der Waals surface area contributed by atoms with Crippen LogP contribution < -0.4 is 19.7 Å². The van der Waals surface area contributed by atoms with Crippen LogP contribution in [0.4, 0.5) is 5.69 Å². The van der Waals surface area contributed by atoms with E-state index in [1.54, 1.807) is 36.1 Å². The van der Waals surface area contributed by atoms with Crippen LogP contribution >= 0.6 is 11.6 Å². The van der Waals surface area contributed by atoms with E-state index in [0.717, 1.165) is 16.3 Å². The summed E-state index contributed by atoms with van der Waals surface area (Å²) in [7, 11) is -7.94. The number of benzene rings is 3. The lowest BCUT2D eigenvalue weighted by atomic mass is 10.1. The molecule has 0 unspecified atom stereocenters. The molecule has 2 N–H and O–H groups in total. The molecule has 14 heteroatoms. The predicted octanol–water partition coefficient (Wildman–Crippen LogP) is 4.26. The Bertz CT molecular complexity index is 1840. The van der Waals surface area contributed by atoms with Crippen molar-refractivity contribution in [3.05, 3.63) is 71.4 Å². The largest absolute Gasteiger partial charge is 0.438 e. The first kappa shape index (κ1) is 29.3. The van der Waals surface area contributed by atoms with Crippen molar-refractivity contribution in [1.29, 1.82) is 0 Å². The number of hydrogen-bond donors (Lipinski definition) is 2. The van der Waals surface area contributed by atoms with Crippen LogP contribution in [0.15, 0.2) is 64.9 Å². The van der Waals surface area contributed by atoms with Crippen molar-refractivity contribution in [1.82, 2.24) is 5.48 Å². The van der Waals surface area contributed by atoms with Crippen LogP contribution in [0.3, 0.4) is 0 Å². The van der Waals surface area contributed by atoms with Gasteiger partial charge in [0.1, 0.15) is 6.08 Å². The molecule has 0 amide bonds. The number of fused-ring (bicyclic) bond motifs is 4. The zero-order valence-corrected chi connectivity index (χ0v) is 24.5. The fraction of sp³-hybridized carbons (Fsp3) is 0.296. The number of rotatable bonds is 12. The van der Waals surface area contributed by atoms with Gasteiger partial charge in [0.05, 0.1) is 22.6 Å². The van der Waals surface area contributed by atoms with Gasteiger partial charge in [-0.1, -0.05) is 42.8 Å². The minimum atomic E-state index is -4.15. The molecule has 0 spiro atoms. The van der Waals surface area contributed by atoms with E-state index in [1.807, 2.05) is 41.0 Å². The fourth-order valence-corrected chi connectivity index (χ4v) is 6.24. The van der Waals surface area contributed by atoms with Crippen molar-refractivity contribution >= 4 is 65.5 Å². The summed E-state index contributed by atoms with van der Waals surface area (Å²) in [5.41, 5.74) is 4.37. The van der Waals surface area contributed by atoms with Crippen LogP contribution in [0.1, 0.15) is 25.7 Å². The Balaban J connectivity index is 1.54. The highest BCUT2D eigenvalue weighted by molar-refractivity contribution is 7.86. The second-order valence-electron chi connectivity index (χ2n) is 9.41. The van der Waals surface area contributed by atoms with Gasteiger partial charge in [-0.15, -0.1) is 0 Å². The summed E-state index contributed by atoms with van der Waals surface area (Å²) in [4.78, 5) is 1.80. The Labute approximate surface area is 242 Å². The number of nitrogens with one attached hydrogen (secondary N) is 1. The number of ether oxygens (including phenoxy) is 1. The summed E-state index contributed by atoms with van der Waals surface area (Å²) in [5.74, 6) is 0.648. The van der Waals surface area contributed by atoms with Crippen molar-refractivity contribution in [3.63, 3.8) is 0 Å². The number of aryl methyl sites for hydroxylation is 1. The van der Waals surface area contributed by atoms with E-state index in [2.05, 4.69) is 5.48 Å². The topological polar surface area (TPSA) is 139 Å². The molecule has 2 heterocycles. The highest BCUT2D eigenvalue weighted by Crippen LogP contribution is 2.41. The van der Waals surface area contributed by atoms with Crippen LogP contribution in [0.2, 0.25) is 5.02 Å². The number of oxazole rings is 1. The maximum Gasteiger partial charge on any atom is 0.379 e. The third kappa shape index (κ3) is 6.83. The van der Waals surface area contributed by atoms with Gasteiger partial charge in [0.15, 0.2) is 12.3 Å². The molecular weight excluding hydrogens is 594 g/mol. The third-order valence-electron chi connectivity index (χ3n) is 6.44. The van der Waals surface area contributed by atoms with Crippen LogP contribution in [-0.4, -0.2) is 46.0 Å². The average Bonchev–Trinajstić information content (AvgIpc) is 3.44. The second kappa shape index (κ2) is 12.0. The number of anilines is 1. The molecule has 0 radical (unpaired) electrons. The van der Waals surface area contributed by atoms with Crippen molar-refractivity contribution in [2.75, 3.05) is 29.5 Å². The first-order chi connectivity index (χ1) is 19.5. The minimum Gasteiger partial charge on any atom is -0.438 e. The Kier molecular flexibility index (Phi) is 8.55. The summed E-state index contributed by atoms with van der Waals surface area (Å²) >= 11 is 6.27. The summed E-state index contributed by atoms with van der Waals surface area (Å²) in [6.07, 6.45) is 2.04. The SMILES string of the molecule is CCNOS(=O)(=O)CCCN1C(=Cc2oc3ccc4ccccc4c3[n+]2CCCS(=O)(=O)O)Oc2ccc(Cl)cc21. The van der Waals surface area contributed by atoms with Gasteiger partial charge < -0.3 is 14.1 Å². The van der Waals surface area contributed by atoms with Gasteiger partial charge in [-0.2, -0.15) is 31.2 Å². The minimum absolute atomic E-state index is 0.140. The zero-order chi connectivity index (χ0) is 29.2. The molecule has 5 rings (SSSR count). The molecule has 218 valence electrons. The van der Waals surface area contributed by atoms with E-state index in [1.165, 1.54) is 0 Å². The molecule has 4 aromatic rings. The molecule has 1 aliphatic rings. The first-order valence-corrected chi connectivity index (χ1v) is 16.5. The normalized spacial score (nSPS) is 14.7. The molecule has 0 fully saturated rings. The van der Waals surface area contributed by atoms with Crippen molar-refractivity contribution in [2.45, 2.75) is 26.3 Å². The highest BCUT2D eigenvalue weighted by atomic mass is 35.5. The predicted molar refractivity (Wildman–Crippen MR) is 156 cm³/mol. The molecule has 0 aliphatic carbocycles. The second-order valence-corrected chi connectivity index (χ2v) is 13.1. The first-order valence-electron chi connectivity index (χ1n) is 12.9. The lowest BCUT2D eigenvalue weighted by Gasteiger charge is -2.18. The average molecular weight is 623 g/mol. The number of aromatic nitrogens is 1. The van der Waals surface area contributed by atoms with Gasteiger partial charge >= 0.3 is 5.89 Å². The lowest BCUT2D eigenvalue weighted by Crippen LogP contribution is -2.37. The van der Waals surface area contributed by atoms with Gasteiger partial charge in [-0.3, -0.25) is 4.55 Å². The Morgan fingerprint density at radius 3 is 2.66 bits per heavy atom. The highest BCUT2D eigenvalue weighted by Gasteiger charge is 2.31. The standard InChI is InChI=1S/C27H28ClN3O8S2/c1-2-29-39-41(35,36)16-6-13-30-22-17-20(28)10-12-23(22)37-25(30)18-26-31(14-5-15-40(32,33)34)27-21-8-4-3-7-19(21)9-11-24(27)38-26/h3-4,7-12,17-18,29H,2,5-6,13-16H2,1H3/p+1. The fourth-order valence-electron chi connectivity index (χ4n) is 4.72. The maximum atomic E-state index is 12.2. The van der Waals surface area contributed by atoms with E-state index in [0.29, 0.717) is 40.4 Å². The molecule has 0 saturated carbocycles. The molecule has 41 heavy (non-hydrogen) atoms. The van der Waals surface area contributed by atoms with E-state index in [-0.39, 0.29) is 31.7 Å². The Morgan fingerprint density at radius 2 is 1.88 bits per heavy atom. The van der Waals surface area contributed by atoms with Crippen LogP contribution in [0.5, 0.6) is 5.75 Å². The summed E-state index contributed by atoms with van der Waals surface area (Å²) in [6.45, 7) is 2.57. The molecular formula is C27H29ClN3O8S2+. The number of hydroxylamine groups is 1. The summed E-state index contributed by atoms with van der Waals surface area (Å²) in [5, 5.41) is 2.37. The third-order valence-corrected chi connectivity index (χ3v) is 8.64. The van der Waals surface area contributed by atoms with Crippen LogP contribution in [-0.2, 0) is 31.1 Å². The van der Waals surface area contributed by atoms with Crippen molar-refractivity contribution in [3.8, 4) is 5.75 Å². The molecule has 1 aromatic heterocycles. The smallest absolute Gasteiger partial charge is 0.379 e. The van der Waals surface area contributed by atoms with Gasteiger partial charge in [0, 0.05) is 24.5 Å². The van der Waals surface area contributed by atoms with Crippen LogP contribution in [0, 0.1) is 0 Å². The van der Waals surface area contributed by atoms with E-state index >= 15 is 0 Å². The molecule has 0 atom stereocenters. The van der Waals surface area contributed by atoms with Gasteiger partial charge in [-0.05, 0) is 42.1 Å². The Hall–Kier alpha value is -3.20. The van der Waals surface area contributed by atoms with Crippen molar-refractivity contribution < 1.29 is 39.4 Å². The summed E-state index contributed by atoms with van der Waals surface area (Å²) < 4.78 is 75.6. The maximum absolute atomic E-state index is 12.2. The molecule has 0 bridgehead atoms. The van der Waals surface area contributed by atoms with E-state index < -0.39 is 26.0 Å². The number of hydrogen-bond acceptors (Lipinski definition) is 9. The van der Waals surface area contributed by atoms with E-state index in [4.69, 9.17) is 25.0 Å².